The van der Waals surface area contributed by atoms with Gasteiger partial charge in [-0.05, 0) is 29.8 Å². The molecule has 0 bridgehead atoms. The predicted molar refractivity (Wildman–Crippen MR) is 93.6 cm³/mol. The third-order valence-electron chi connectivity index (χ3n) is 3.15. The summed E-state index contributed by atoms with van der Waals surface area (Å²) in [4.78, 5) is 23.3. The molecule has 2 aromatic carbocycles. The molecule has 0 heterocycles. The van der Waals surface area contributed by atoms with Crippen molar-refractivity contribution >= 4 is 29.3 Å². The Morgan fingerprint density at radius 3 is 2.61 bits per heavy atom. The monoisotopic (exact) mass is 329 g/mol. The van der Waals surface area contributed by atoms with E-state index in [1.165, 1.54) is 7.11 Å². The third kappa shape index (κ3) is 5.79. The molecular formula is C18H19NO3S. The summed E-state index contributed by atoms with van der Waals surface area (Å²) in [6.45, 7) is 0. The lowest BCUT2D eigenvalue weighted by atomic mass is 10.1. The lowest BCUT2D eigenvalue weighted by Crippen LogP contribution is -2.12. The van der Waals surface area contributed by atoms with E-state index in [1.807, 2.05) is 48.5 Å². The van der Waals surface area contributed by atoms with Crippen LogP contribution in [-0.2, 0) is 15.3 Å². The van der Waals surface area contributed by atoms with Gasteiger partial charge in [0, 0.05) is 23.6 Å². The van der Waals surface area contributed by atoms with Crippen LogP contribution in [0.3, 0.4) is 0 Å². The summed E-state index contributed by atoms with van der Waals surface area (Å²) < 4.78 is 4.71. The van der Waals surface area contributed by atoms with Crippen LogP contribution in [0, 0.1) is 0 Å². The Kier molecular flexibility index (Phi) is 6.69. The zero-order chi connectivity index (χ0) is 16.5. The molecule has 2 aromatic rings. The van der Waals surface area contributed by atoms with Crippen molar-refractivity contribution in [3.8, 4) is 0 Å². The molecule has 0 aromatic heterocycles. The summed E-state index contributed by atoms with van der Waals surface area (Å²) in [7, 11) is 1.37. The summed E-state index contributed by atoms with van der Waals surface area (Å²) in [6, 6.07) is 16.8. The van der Waals surface area contributed by atoms with Crippen molar-refractivity contribution in [1.82, 2.24) is 0 Å². The molecule has 1 amide bonds. The zero-order valence-electron chi connectivity index (χ0n) is 13.0. The summed E-state index contributed by atoms with van der Waals surface area (Å²) in [6.07, 6.45) is 0.455. The van der Waals surface area contributed by atoms with Gasteiger partial charge in [-0.25, -0.2) is 4.79 Å². The molecule has 0 unspecified atom stereocenters. The number of hydrogen-bond donors (Lipinski definition) is 1. The Balaban J connectivity index is 1.73. The summed E-state index contributed by atoms with van der Waals surface area (Å²) in [5.74, 6) is 1.15. The highest BCUT2D eigenvalue weighted by Crippen LogP contribution is 2.15. The summed E-state index contributed by atoms with van der Waals surface area (Å²) >= 11 is 1.66. The van der Waals surface area contributed by atoms with Crippen LogP contribution < -0.4 is 5.32 Å². The summed E-state index contributed by atoms with van der Waals surface area (Å²) in [5, 5.41) is 2.86. The van der Waals surface area contributed by atoms with Gasteiger partial charge in [0.05, 0.1) is 12.7 Å². The minimum absolute atomic E-state index is 0.00649. The Bertz CT molecular complexity index is 658. The molecule has 0 aliphatic rings. The fourth-order valence-electron chi connectivity index (χ4n) is 2.01. The molecular weight excluding hydrogens is 310 g/mol. The molecule has 2 rings (SSSR count). The van der Waals surface area contributed by atoms with E-state index >= 15 is 0 Å². The standard InChI is InChI=1S/C18H19NO3S/c1-22-18(21)15-7-5-6-14(12-15)13-23-11-10-17(20)19-16-8-3-2-4-9-16/h2-9,12H,10-11,13H2,1H3,(H,19,20). The number of para-hydroxylation sites is 1. The smallest absolute Gasteiger partial charge is 0.337 e. The SMILES string of the molecule is COC(=O)c1cccc(CSCCC(=O)Nc2ccccc2)c1. The van der Waals surface area contributed by atoms with Crippen molar-refractivity contribution in [2.45, 2.75) is 12.2 Å². The van der Waals surface area contributed by atoms with E-state index < -0.39 is 0 Å². The molecule has 0 radical (unpaired) electrons. The number of rotatable bonds is 7. The van der Waals surface area contributed by atoms with Gasteiger partial charge < -0.3 is 10.1 Å². The van der Waals surface area contributed by atoms with Gasteiger partial charge >= 0.3 is 5.97 Å². The van der Waals surface area contributed by atoms with Gasteiger partial charge in [-0.15, -0.1) is 0 Å². The number of carbonyl (C=O) groups is 2. The van der Waals surface area contributed by atoms with Gasteiger partial charge in [0.2, 0.25) is 5.91 Å². The summed E-state index contributed by atoms with van der Waals surface area (Å²) in [5.41, 5.74) is 2.40. The highest BCUT2D eigenvalue weighted by atomic mass is 32.2. The topological polar surface area (TPSA) is 55.4 Å². The first kappa shape index (κ1) is 17.1. The highest BCUT2D eigenvalue weighted by Gasteiger charge is 2.06. The molecule has 0 atom stereocenters. The number of hydrogen-bond acceptors (Lipinski definition) is 4. The molecule has 1 N–H and O–H groups in total. The van der Waals surface area contributed by atoms with Gasteiger partial charge in [-0.2, -0.15) is 11.8 Å². The number of carbonyl (C=O) groups excluding carboxylic acids is 2. The number of anilines is 1. The highest BCUT2D eigenvalue weighted by molar-refractivity contribution is 7.98. The fraction of sp³-hybridized carbons (Fsp3) is 0.222. The molecule has 23 heavy (non-hydrogen) atoms. The minimum atomic E-state index is -0.334. The molecule has 0 spiro atoms. The van der Waals surface area contributed by atoms with Gasteiger partial charge in [-0.3, -0.25) is 4.79 Å². The normalized spacial score (nSPS) is 10.1. The number of benzene rings is 2. The molecule has 120 valence electrons. The Morgan fingerprint density at radius 1 is 1.09 bits per heavy atom. The number of thioether (sulfide) groups is 1. The van der Waals surface area contributed by atoms with E-state index in [0.717, 1.165) is 22.8 Å². The first-order valence-corrected chi connectivity index (χ1v) is 8.44. The van der Waals surface area contributed by atoms with E-state index in [1.54, 1.807) is 17.8 Å². The van der Waals surface area contributed by atoms with Gasteiger partial charge in [-0.1, -0.05) is 30.3 Å². The van der Waals surface area contributed by atoms with Gasteiger partial charge in [0.25, 0.3) is 0 Å². The molecule has 5 heteroatoms. The molecule has 0 aliphatic carbocycles. The van der Waals surface area contributed by atoms with Crippen molar-refractivity contribution in [2.75, 3.05) is 18.2 Å². The minimum Gasteiger partial charge on any atom is -0.465 e. The van der Waals surface area contributed by atoms with E-state index in [9.17, 15) is 9.59 Å². The third-order valence-corrected chi connectivity index (χ3v) is 4.18. The number of amides is 1. The maximum Gasteiger partial charge on any atom is 0.337 e. The average Bonchev–Trinajstić information content (AvgIpc) is 2.59. The second-order valence-corrected chi connectivity index (χ2v) is 6.01. The van der Waals surface area contributed by atoms with Crippen LogP contribution in [0.2, 0.25) is 0 Å². The van der Waals surface area contributed by atoms with E-state index in [2.05, 4.69) is 5.32 Å². The molecule has 4 nitrogen and oxygen atoms in total. The van der Waals surface area contributed by atoms with Crippen molar-refractivity contribution in [3.05, 3.63) is 65.7 Å². The first-order valence-electron chi connectivity index (χ1n) is 7.29. The predicted octanol–water partition coefficient (Wildman–Crippen LogP) is 3.74. The molecule has 0 saturated carbocycles. The Hall–Kier alpha value is -2.27. The lowest BCUT2D eigenvalue weighted by molar-refractivity contribution is -0.115. The average molecular weight is 329 g/mol. The molecule has 0 fully saturated rings. The number of methoxy groups -OCH3 is 1. The van der Waals surface area contributed by atoms with Gasteiger partial charge in [0.15, 0.2) is 0 Å². The maximum absolute atomic E-state index is 11.8. The van der Waals surface area contributed by atoms with Crippen molar-refractivity contribution < 1.29 is 14.3 Å². The van der Waals surface area contributed by atoms with Crippen molar-refractivity contribution in [2.24, 2.45) is 0 Å². The second-order valence-electron chi connectivity index (χ2n) is 4.91. The van der Waals surface area contributed by atoms with Crippen LogP contribution >= 0.6 is 11.8 Å². The van der Waals surface area contributed by atoms with E-state index in [-0.39, 0.29) is 11.9 Å². The number of esters is 1. The molecule has 0 saturated heterocycles. The number of nitrogens with one attached hydrogen (secondary N) is 1. The van der Waals surface area contributed by atoms with Crippen LogP contribution in [-0.4, -0.2) is 24.7 Å². The largest absolute Gasteiger partial charge is 0.465 e. The van der Waals surface area contributed by atoms with Crippen molar-refractivity contribution in [1.29, 1.82) is 0 Å². The Labute approximate surface area is 140 Å². The van der Waals surface area contributed by atoms with Gasteiger partial charge in [0.1, 0.15) is 0 Å². The maximum atomic E-state index is 11.8. The van der Waals surface area contributed by atoms with Crippen molar-refractivity contribution in [3.63, 3.8) is 0 Å². The quantitative estimate of drug-likeness (QED) is 0.621. The van der Waals surface area contributed by atoms with Crippen LogP contribution in [0.5, 0.6) is 0 Å². The van der Waals surface area contributed by atoms with Crippen LogP contribution in [0.25, 0.3) is 0 Å². The zero-order valence-corrected chi connectivity index (χ0v) is 13.8. The lowest BCUT2D eigenvalue weighted by Gasteiger charge is -2.06. The molecule has 0 aliphatic heterocycles. The fourth-order valence-corrected chi connectivity index (χ4v) is 2.90. The number of ether oxygens (including phenoxy) is 1. The van der Waals surface area contributed by atoms with Crippen LogP contribution in [0.15, 0.2) is 54.6 Å². The van der Waals surface area contributed by atoms with Crippen LogP contribution in [0.4, 0.5) is 5.69 Å². The Morgan fingerprint density at radius 2 is 1.87 bits per heavy atom. The van der Waals surface area contributed by atoms with E-state index in [4.69, 9.17) is 4.74 Å². The van der Waals surface area contributed by atoms with Crippen LogP contribution in [0.1, 0.15) is 22.3 Å². The second kappa shape index (κ2) is 9.00. The first-order chi connectivity index (χ1) is 11.2. The van der Waals surface area contributed by atoms with E-state index in [0.29, 0.717) is 12.0 Å².